The summed E-state index contributed by atoms with van der Waals surface area (Å²) in [6.07, 6.45) is 1.32. The summed E-state index contributed by atoms with van der Waals surface area (Å²) in [5.41, 5.74) is 1.59. The number of hydrogen-bond acceptors (Lipinski definition) is 6. The number of anilines is 1. The van der Waals surface area contributed by atoms with Crippen LogP contribution >= 0.6 is 28.1 Å². The highest BCUT2D eigenvalue weighted by atomic mass is 79.9. The van der Waals surface area contributed by atoms with Crippen molar-refractivity contribution in [2.24, 2.45) is 0 Å². The minimum Gasteiger partial charge on any atom is -0.457 e. The van der Waals surface area contributed by atoms with E-state index in [9.17, 15) is 19.7 Å². The number of nitrogens with zero attached hydrogens (tertiary/aromatic N) is 2. The number of nitrogens with one attached hydrogen (secondary N) is 1. The highest BCUT2D eigenvalue weighted by Crippen LogP contribution is 2.30. The number of carbonyl (C=O) groups excluding carboxylic acids is 2. The molecule has 4 rings (SSSR count). The molecule has 0 radical (unpaired) electrons. The SMILES string of the molecule is Cc1ccc([N+](=O)[O-])cc1-c1ccc(/C=C2\C(=O)NC(=S)N(c3cccc(Br)c3)C2=O)o1. The van der Waals surface area contributed by atoms with E-state index in [1.165, 1.54) is 23.1 Å². The maximum absolute atomic E-state index is 13.1. The molecule has 0 aliphatic carbocycles. The van der Waals surface area contributed by atoms with Crippen molar-refractivity contribution < 1.29 is 18.9 Å². The van der Waals surface area contributed by atoms with E-state index in [0.717, 1.165) is 10.0 Å². The van der Waals surface area contributed by atoms with Crippen LogP contribution in [0.1, 0.15) is 11.3 Å². The zero-order chi connectivity index (χ0) is 23.0. The monoisotopic (exact) mass is 511 g/mol. The van der Waals surface area contributed by atoms with E-state index >= 15 is 0 Å². The summed E-state index contributed by atoms with van der Waals surface area (Å²) in [6.45, 7) is 1.80. The first kappa shape index (κ1) is 21.6. The average molecular weight is 512 g/mol. The Bertz CT molecular complexity index is 1330. The molecule has 8 nitrogen and oxygen atoms in total. The fourth-order valence-corrected chi connectivity index (χ4v) is 3.88. The second kappa shape index (κ2) is 8.48. The molecule has 2 aromatic carbocycles. The molecule has 1 saturated heterocycles. The Morgan fingerprint density at radius 3 is 2.66 bits per heavy atom. The van der Waals surface area contributed by atoms with Crippen LogP contribution in [0.5, 0.6) is 0 Å². The smallest absolute Gasteiger partial charge is 0.270 e. The van der Waals surface area contributed by atoms with Crippen molar-refractivity contribution in [3.63, 3.8) is 0 Å². The van der Waals surface area contributed by atoms with Crippen molar-refractivity contribution in [2.75, 3.05) is 4.90 Å². The van der Waals surface area contributed by atoms with Crippen molar-refractivity contribution in [2.45, 2.75) is 6.92 Å². The zero-order valence-electron chi connectivity index (χ0n) is 16.5. The van der Waals surface area contributed by atoms with Gasteiger partial charge in [0.25, 0.3) is 17.5 Å². The Hall–Kier alpha value is -3.63. The van der Waals surface area contributed by atoms with Gasteiger partial charge in [-0.05, 0) is 61.1 Å². The van der Waals surface area contributed by atoms with Gasteiger partial charge in [-0.1, -0.05) is 28.1 Å². The van der Waals surface area contributed by atoms with E-state index in [1.54, 1.807) is 49.4 Å². The lowest BCUT2D eigenvalue weighted by molar-refractivity contribution is -0.384. The number of hydrogen-bond donors (Lipinski definition) is 1. The van der Waals surface area contributed by atoms with E-state index in [2.05, 4.69) is 21.2 Å². The van der Waals surface area contributed by atoms with Gasteiger partial charge in [-0.2, -0.15) is 0 Å². The van der Waals surface area contributed by atoms with Gasteiger partial charge < -0.3 is 4.42 Å². The highest BCUT2D eigenvalue weighted by molar-refractivity contribution is 9.10. The number of thiocarbonyl (C=S) groups is 1. The van der Waals surface area contributed by atoms with Crippen LogP contribution in [0.4, 0.5) is 11.4 Å². The standard InChI is InChI=1S/C22H14BrN3O5S/c1-12-5-6-15(26(29)30)10-17(12)19-8-7-16(31-19)11-18-20(27)24-22(32)25(21(18)28)14-4-2-3-13(23)9-14/h2-11H,1H3,(H,24,27,32)/b18-11+. The van der Waals surface area contributed by atoms with Crippen molar-refractivity contribution >= 4 is 62.5 Å². The number of carbonyl (C=O) groups is 2. The first-order valence-electron chi connectivity index (χ1n) is 9.27. The summed E-state index contributed by atoms with van der Waals surface area (Å²) < 4.78 is 6.53. The first-order chi connectivity index (χ1) is 15.2. The minimum absolute atomic E-state index is 0.0254. The molecule has 3 aromatic rings. The molecule has 1 N–H and O–H groups in total. The largest absolute Gasteiger partial charge is 0.457 e. The molecular formula is C22H14BrN3O5S. The fraction of sp³-hybridized carbons (Fsp3) is 0.0455. The van der Waals surface area contributed by atoms with Crippen LogP contribution in [0.25, 0.3) is 17.4 Å². The Labute approximate surface area is 195 Å². The lowest BCUT2D eigenvalue weighted by Crippen LogP contribution is -2.54. The van der Waals surface area contributed by atoms with E-state index in [4.69, 9.17) is 16.6 Å². The summed E-state index contributed by atoms with van der Waals surface area (Å²) >= 11 is 8.55. The van der Waals surface area contributed by atoms with E-state index < -0.39 is 16.7 Å². The summed E-state index contributed by atoms with van der Waals surface area (Å²) in [6, 6.07) is 14.6. The third kappa shape index (κ3) is 4.10. The molecule has 10 heteroatoms. The molecule has 0 spiro atoms. The Morgan fingerprint density at radius 2 is 1.94 bits per heavy atom. The predicted molar refractivity (Wildman–Crippen MR) is 126 cm³/mol. The number of amides is 2. The van der Waals surface area contributed by atoms with Crippen molar-refractivity contribution in [3.05, 3.63) is 86.1 Å². The molecule has 32 heavy (non-hydrogen) atoms. The lowest BCUT2D eigenvalue weighted by Gasteiger charge is -2.28. The predicted octanol–water partition coefficient (Wildman–Crippen LogP) is 4.76. The van der Waals surface area contributed by atoms with Crippen molar-refractivity contribution in [1.29, 1.82) is 0 Å². The molecule has 1 fully saturated rings. The maximum atomic E-state index is 13.1. The van der Waals surface area contributed by atoms with Gasteiger partial charge in [-0.25, -0.2) is 0 Å². The van der Waals surface area contributed by atoms with Gasteiger partial charge in [0.2, 0.25) is 0 Å². The summed E-state index contributed by atoms with van der Waals surface area (Å²) in [4.78, 5) is 37.4. The van der Waals surface area contributed by atoms with E-state index in [-0.39, 0.29) is 22.1 Å². The minimum atomic E-state index is -0.643. The average Bonchev–Trinajstić information content (AvgIpc) is 3.19. The van der Waals surface area contributed by atoms with Crippen molar-refractivity contribution in [3.8, 4) is 11.3 Å². The van der Waals surface area contributed by atoms with Gasteiger partial charge in [0.1, 0.15) is 17.1 Å². The van der Waals surface area contributed by atoms with Crippen LogP contribution in [-0.4, -0.2) is 21.9 Å². The number of non-ortho nitro benzene ring substituents is 1. The zero-order valence-corrected chi connectivity index (χ0v) is 18.9. The number of nitro groups is 1. The van der Waals surface area contributed by atoms with Crippen molar-refractivity contribution in [1.82, 2.24) is 5.32 Å². The van der Waals surface area contributed by atoms with E-state index in [1.807, 2.05) is 0 Å². The summed E-state index contributed by atoms with van der Waals surface area (Å²) in [7, 11) is 0. The Morgan fingerprint density at radius 1 is 1.16 bits per heavy atom. The van der Waals surface area contributed by atoms with Gasteiger partial charge in [-0.15, -0.1) is 0 Å². The van der Waals surface area contributed by atoms with Crippen LogP contribution < -0.4 is 10.2 Å². The molecule has 0 atom stereocenters. The molecule has 0 saturated carbocycles. The number of aryl methyl sites for hydroxylation is 1. The third-order valence-electron chi connectivity index (χ3n) is 4.78. The normalized spacial score (nSPS) is 15.2. The Kier molecular flexibility index (Phi) is 5.72. The van der Waals surface area contributed by atoms with Gasteiger partial charge in [0.05, 0.1) is 10.6 Å². The molecule has 160 valence electrons. The summed E-state index contributed by atoms with van der Waals surface area (Å²) in [5, 5.41) is 13.6. The highest BCUT2D eigenvalue weighted by Gasteiger charge is 2.34. The molecule has 1 aliphatic heterocycles. The third-order valence-corrected chi connectivity index (χ3v) is 5.56. The van der Waals surface area contributed by atoms with E-state index in [0.29, 0.717) is 17.0 Å². The maximum Gasteiger partial charge on any atom is 0.270 e. The number of furan rings is 1. The number of rotatable bonds is 4. The first-order valence-corrected chi connectivity index (χ1v) is 10.5. The van der Waals surface area contributed by atoms with Crippen LogP contribution in [0.15, 0.2) is 69.1 Å². The Balaban J connectivity index is 1.70. The number of benzene rings is 2. The van der Waals surface area contributed by atoms with Crippen LogP contribution in [0.3, 0.4) is 0 Å². The van der Waals surface area contributed by atoms with Crippen LogP contribution in [0, 0.1) is 17.0 Å². The van der Waals surface area contributed by atoms with Gasteiger partial charge >= 0.3 is 0 Å². The number of halogens is 1. The molecular weight excluding hydrogens is 498 g/mol. The quantitative estimate of drug-likeness (QED) is 0.178. The molecule has 1 aromatic heterocycles. The topological polar surface area (TPSA) is 106 Å². The van der Waals surface area contributed by atoms with Crippen LogP contribution in [-0.2, 0) is 9.59 Å². The van der Waals surface area contributed by atoms with Gasteiger partial charge in [0.15, 0.2) is 5.11 Å². The lowest BCUT2D eigenvalue weighted by atomic mass is 10.1. The molecule has 1 aliphatic rings. The van der Waals surface area contributed by atoms with Gasteiger partial charge in [-0.3, -0.25) is 29.9 Å². The van der Waals surface area contributed by atoms with Crippen LogP contribution in [0.2, 0.25) is 0 Å². The summed E-state index contributed by atoms with van der Waals surface area (Å²) in [5.74, 6) is -0.621. The second-order valence-electron chi connectivity index (χ2n) is 6.90. The molecule has 0 unspecified atom stereocenters. The van der Waals surface area contributed by atoms with Gasteiger partial charge in [0, 0.05) is 22.2 Å². The fourth-order valence-electron chi connectivity index (χ4n) is 3.21. The molecule has 2 heterocycles. The molecule has 2 amide bonds. The molecule has 0 bridgehead atoms. The number of nitro benzene ring substituents is 1. The second-order valence-corrected chi connectivity index (χ2v) is 8.20.